The van der Waals surface area contributed by atoms with Gasteiger partial charge in [-0.3, -0.25) is 9.69 Å². The average Bonchev–Trinajstić information content (AvgIpc) is 3.15. The van der Waals surface area contributed by atoms with E-state index < -0.39 is 0 Å². The number of nitrogens with zero attached hydrogens (tertiary/aromatic N) is 4. The number of rotatable bonds is 6. The number of aryl methyl sites for hydroxylation is 2. The summed E-state index contributed by atoms with van der Waals surface area (Å²) in [6.45, 7) is 7.90. The van der Waals surface area contributed by atoms with Gasteiger partial charge in [0.2, 0.25) is 0 Å². The molecule has 0 bridgehead atoms. The molecule has 1 fully saturated rings. The molecule has 0 saturated carbocycles. The van der Waals surface area contributed by atoms with Crippen LogP contribution in [0.5, 0.6) is 5.75 Å². The summed E-state index contributed by atoms with van der Waals surface area (Å²) in [5.74, 6) is 1.41. The van der Waals surface area contributed by atoms with Crippen molar-refractivity contribution in [3.05, 3.63) is 82.2 Å². The summed E-state index contributed by atoms with van der Waals surface area (Å²) < 4.78 is 11.1. The summed E-state index contributed by atoms with van der Waals surface area (Å²) >= 11 is 0. The third kappa shape index (κ3) is 4.98. The maximum atomic E-state index is 13.0. The topological polar surface area (TPSA) is 82.6 Å². The van der Waals surface area contributed by atoms with E-state index >= 15 is 0 Å². The van der Waals surface area contributed by atoms with Crippen LogP contribution < -0.4 is 4.74 Å². The number of benzene rings is 2. The number of ether oxygens (including phenoxy) is 1. The molecule has 0 unspecified atom stereocenters. The molecule has 1 aliphatic heterocycles. The number of aromatic nitrogens is 1. The average molecular weight is 431 g/mol. The van der Waals surface area contributed by atoms with Gasteiger partial charge in [0.05, 0.1) is 22.9 Å². The molecule has 164 valence electrons. The van der Waals surface area contributed by atoms with E-state index in [1.54, 1.807) is 6.07 Å². The SMILES string of the molecule is Cc1noc(C)c1COc1cccc(C(=O)N2CCN(Cc3ccc(C#N)cc3)CC2)c1. The first kappa shape index (κ1) is 21.6. The number of piperazine rings is 1. The predicted molar refractivity (Wildman–Crippen MR) is 119 cm³/mol. The zero-order valence-electron chi connectivity index (χ0n) is 18.4. The van der Waals surface area contributed by atoms with Crippen molar-refractivity contribution < 1.29 is 14.1 Å². The normalized spacial score (nSPS) is 14.2. The predicted octanol–water partition coefficient (Wildman–Crippen LogP) is 3.70. The fourth-order valence-corrected chi connectivity index (χ4v) is 3.82. The van der Waals surface area contributed by atoms with Crippen LogP contribution in [-0.4, -0.2) is 47.0 Å². The summed E-state index contributed by atoms with van der Waals surface area (Å²) in [4.78, 5) is 17.2. The molecule has 1 aliphatic rings. The lowest BCUT2D eigenvalue weighted by Crippen LogP contribution is -2.48. The molecule has 7 nitrogen and oxygen atoms in total. The lowest BCUT2D eigenvalue weighted by atomic mass is 10.1. The Labute approximate surface area is 187 Å². The van der Waals surface area contributed by atoms with Crippen LogP contribution in [0.25, 0.3) is 0 Å². The Morgan fingerprint density at radius 3 is 2.53 bits per heavy atom. The molecule has 0 atom stereocenters. The Kier molecular flexibility index (Phi) is 6.52. The number of hydrogen-bond donors (Lipinski definition) is 0. The third-order valence-electron chi connectivity index (χ3n) is 5.79. The Balaban J connectivity index is 1.32. The van der Waals surface area contributed by atoms with Gasteiger partial charge in [-0.1, -0.05) is 23.4 Å². The van der Waals surface area contributed by atoms with Crippen molar-refractivity contribution in [1.82, 2.24) is 15.0 Å². The van der Waals surface area contributed by atoms with Gasteiger partial charge in [-0.05, 0) is 49.7 Å². The lowest BCUT2D eigenvalue weighted by Gasteiger charge is -2.34. The highest BCUT2D eigenvalue weighted by Crippen LogP contribution is 2.20. The van der Waals surface area contributed by atoms with Crippen LogP contribution in [0.1, 0.15) is 38.5 Å². The van der Waals surface area contributed by atoms with E-state index in [1.807, 2.05) is 61.2 Å². The van der Waals surface area contributed by atoms with Gasteiger partial charge >= 0.3 is 0 Å². The molecule has 1 saturated heterocycles. The van der Waals surface area contributed by atoms with Crippen LogP contribution in [0.2, 0.25) is 0 Å². The van der Waals surface area contributed by atoms with Crippen LogP contribution in [0.3, 0.4) is 0 Å². The van der Waals surface area contributed by atoms with Gasteiger partial charge in [0.15, 0.2) is 0 Å². The highest BCUT2D eigenvalue weighted by Gasteiger charge is 2.22. The van der Waals surface area contributed by atoms with Gasteiger partial charge < -0.3 is 14.2 Å². The Hall–Kier alpha value is -3.63. The number of nitriles is 1. The van der Waals surface area contributed by atoms with E-state index in [1.165, 1.54) is 5.56 Å². The largest absolute Gasteiger partial charge is 0.489 e. The monoisotopic (exact) mass is 430 g/mol. The molecule has 3 aromatic rings. The molecule has 32 heavy (non-hydrogen) atoms. The van der Waals surface area contributed by atoms with Gasteiger partial charge in [0, 0.05) is 38.3 Å². The molecular weight excluding hydrogens is 404 g/mol. The molecule has 1 amide bonds. The van der Waals surface area contributed by atoms with E-state index in [0.717, 1.165) is 36.7 Å². The first-order chi connectivity index (χ1) is 15.5. The molecule has 0 N–H and O–H groups in total. The first-order valence-electron chi connectivity index (χ1n) is 10.7. The first-order valence-corrected chi connectivity index (χ1v) is 10.7. The number of hydrogen-bond acceptors (Lipinski definition) is 6. The molecule has 2 aromatic carbocycles. The van der Waals surface area contributed by atoms with E-state index in [4.69, 9.17) is 14.5 Å². The van der Waals surface area contributed by atoms with Crippen molar-refractivity contribution in [3.8, 4) is 11.8 Å². The second-order valence-corrected chi connectivity index (χ2v) is 8.00. The lowest BCUT2D eigenvalue weighted by molar-refractivity contribution is 0.0628. The van der Waals surface area contributed by atoms with Gasteiger partial charge in [-0.2, -0.15) is 5.26 Å². The van der Waals surface area contributed by atoms with Crippen molar-refractivity contribution in [2.45, 2.75) is 27.0 Å². The van der Waals surface area contributed by atoms with Crippen LogP contribution in [0.15, 0.2) is 53.1 Å². The fraction of sp³-hybridized carbons (Fsp3) is 0.320. The van der Waals surface area contributed by atoms with Crippen molar-refractivity contribution >= 4 is 5.91 Å². The van der Waals surface area contributed by atoms with Gasteiger partial charge in [0.25, 0.3) is 5.91 Å². The summed E-state index contributed by atoms with van der Waals surface area (Å²) in [5, 5.41) is 12.9. The van der Waals surface area contributed by atoms with E-state index in [0.29, 0.717) is 36.6 Å². The quantitative estimate of drug-likeness (QED) is 0.593. The van der Waals surface area contributed by atoms with Crippen molar-refractivity contribution in [1.29, 1.82) is 5.26 Å². The molecule has 0 radical (unpaired) electrons. The Morgan fingerprint density at radius 2 is 1.88 bits per heavy atom. The Morgan fingerprint density at radius 1 is 1.12 bits per heavy atom. The minimum Gasteiger partial charge on any atom is -0.489 e. The highest BCUT2D eigenvalue weighted by atomic mass is 16.5. The third-order valence-corrected chi connectivity index (χ3v) is 5.79. The zero-order chi connectivity index (χ0) is 22.5. The molecule has 0 aliphatic carbocycles. The van der Waals surface area contributed by atoms with Crippen molar-refractivity contribution in [2.75, 3.05) is 26.2 Å². The Bertz CT molecular complexity index is 1100. The summed E-state index contributed by atoms with van der Waals surface area (Å²) in [5.41, 5.74) is 4.21. The van der Waals surface area contributed by atoms with E-state index in [9.17, 15) is 4.79 Å². The standard InChI is InChI=1S/C25H26N4O3/c1-18-24(19(2)32-27-18)17-31-23-5-3-4-22(14-23)25(30)29-12-10-28(11-13-29)16-21-8-6-20(15-26)7-9-21/h3-9,14H,10-13,16-17H2,1-2H3. The second kappa shape index (κ2) is 9.67. The number of carbonyl (C=O) groups excluding carboxylic acids is 1. The van der Waals surface area contributed by atoms with Crippen LogP contribution in [0, 0.1) is 25.2 Å². The van der Waals surface area contributed by atoms with Gasteiger partial charge in [-0.25, -0.2) is 0 Å². The minimum atomic E-state index is 0.0193. The summed E-state index contributed by atoms with van der Waals surface area (Å²) in [6.07, 6.45) is 0. The summed E-state index contributed by atoms with van der Waals surface area (Å²) in [6, 6.07) is 17.1. The molecule has 0 spiro atoms. The summed E-state index contributed by atoms with van der Waals surface area (Å²) in [7, 11) is 0. The van der Waals surface area contributed by atoms with Crippen molar-refractivity contribution in [3.63, 3.8) is 0 Å². The fourth-order valence-electron chi connectivity index (χ4n) is 3.82. The molecule has 2 heterocycles. The molecule has 4 rings (SSSR count). The maximum Gasteiger partial charge on any atom is 0.254 e. The zero-order valence-corrected chi connectivity index (χ0v) is 18.4. The minimum absolute atomic E-state index is 0.0193. The smallest absolute Gasteiger partial charge is 0.254 e. The van der Waals surface area contributed by atoms with E-state index in [2.05, 4.69) is 16.1 Å². The van der Waals surface area contributed by atoms with E-state index in [-0.39, 0.29) is 5.91 Å². The molecule has 1 aromatic heterocycles. The van der Waals surface area contributed by atoms with Crippen LogP contribution in [-0.2, 0) is 13.2 Å². The molecular formula is C25H26N4O3. The number of amides is 1. The van der Waals surface area contributed by atoms with Crippen LogP contribution >= 0.6 is 0 Å². The van der Waals surface area contributed by atoms with Crippen LogP contribution in [0.4, 0.5) is 0 Å². The second-order valence-electron chi connectivity index (χ2n) is 8.00. The van der Waals surface area contributed by atoms with Gasteiger partial charge in [0.1, 0.15) is 18.1 Å². The number of carbonyl (C=O) groups is 1. The maximum absolute atomic E-state index is 13.0. The highest BCUT2D eigenvalue weighted by molar-refractivity contribution is 5.94. The molecule has 7 heteroatoms. The van der Waals surface area contributed by atoms with Gasteiger partial charge in [-0.15, -0.1) is 0 Å². The van der Waals surface area contributed by atoms with Crippen molar-refractivity contribution in [2.24, 2.45) is 0 Å².